The average molecular weight is 202 g/mol. The van der Waals surface area contributed by atoms with Crippen molar-refractivity contribution >= 4 is 5.82 Å². The molecular formula is C11H14N4. The molecule has 0 unspecified atom stereocenters. The molecule has 0 aliphatic carbocycles. The average Bonchev–Trinajstić information content (AvgIpc) is 2.69. The standard InChI is InChI=1S/C11H14N4/c1-2-15-7-6-13-10(15)8-9-4-3-5-14-11(9)12/h3-7H,2,8H2,1H3,(H2,12,14). The number of aryl methyl sites for hydroxylation is 1. The van der Waals surface area contributed by atoms with Crippen molar-refractivity contribution in [2.45, 2.75) is 19.9 Å². The van der Waals surface area contributed by atoms with Gasteiger partial charge in [0.1, 0.15) is 11.6 Å². The fraction of sp³-hybridized carbons (Fsp3) is 0.273. The first-order valence-electron chi connectivity index (χ1n) is 5.00. The van der Waals surface area contributed by atoms with E-state index in [9.17, 15) is 0 Å². The molecule has 4 nitrogen and oxygen atoms in total. The van der Waals surface area contributed by atoms with Crippen molar-refractivity contribution in [3.05, 3.63) is 42.1 Å². The molecule has 0 bridgehead atoms. The molecule has 0 aliphatic heterocycles. The smallest absolute Gasteiger partial charge is 0.126 e. The second-order valence-corrected chi connectivity index (χ2v) is 3.35. The largest absolute Gasteiger partial charge is 0.383 e. The zero-order chi connectivity index (χ0) is 10.7. The summed E-state index contributed by atoms with van der Waals surface area (Å²) in [6.45, 7) is 3.02. The van der Waals surface area contributed by atoms with Crippen LogP contribution in [0.1, 0.15) is 18.3 Å². The fourth-order valence-electron chi connectivity index (χ4n) is 1.57. The van der Waals surface area contributed by atoms with Gasteiger partial charge in [0.05, 0.1) is 0 Å². The first kappa shape index (κ1) is 9.71. The van der Waals surface area contributed by atoms with E-state index in [1.165, 1.54) is 0 Å². The molecule has 4 heteroatoms. The van der Waals surface area contributed by atoms with Gasteiger partial charge in [0.2, 0.25) is 0 Å². The van der Waals surface area contributed by atoms with Gasteiger partial charge in [-0.25, -0.2) is 9.97 Å². The summed E-state index contributed by atoms with van der Waals surface area (Å²) in [5, 5.41) is 0. The molecule has 0 saturated heterocycles. The highest BCUT2D eigenvalue weighted by molar-refractivity contribution is 5.40. The van der Waals surface area contributed by atoms with Crippen LogP contribution < -0.4 is 5.73 Å². The van der Waals surface area contributed by atoms with Gasteiger partial charge in [-0.1, -0.05) is 6.07 Å². The lowest BCUT2D eigenvalue weighted by Gasteiger charge is -2.06. The summed E-state index contributed by atoms with van der Waals surface area (Å²) < 4.78 is 2.10. The van der Waals surface area contributed by atoms with Gasteiger partial charge in [-0.2, -0.15) is 0 Å². The number of nitrogens with two attached hydrogens (primary N) is 1. The van der Waals surface area contributed by atoms with Crippen LogP contribution in [0.2, 0.25) is 0 Å². The van der Waals surface area contributed by atoms with Crippen LogP contribution in [0.5, 0.6) is 0 Å². The van der Waals surface area contributed by atoms with Crippen LogP contribution in [0.15, 0.2) is 30.7 Å². The van der Waals surface area contributed by atoms with Gasteiger partial charge < -0.3 is 10.3 Å². The Morgan fingerprint density at radius 3 is 2.93 bits per heavy atom. The quantitative estimate of drug-likeness (QED) is 0.820. The number of hydrogen-bond donors (Lipinski definition) is 1. The second kappa shape index (κ2) is 4.13. The maximum Gasteiger partial charge on any atom is 0.126 e. The minimum Gasteiger partial charge on any atom is -0.383 e. The van der Waals surface area contributed by atoms with E-state index in [4.69, 9.17) is 5.73 Å². The van der Waals surface area contributed by atoms with Crippen molar-refractivity contribution < 1.29 is 0 Å². The second-order valence-electron chi connectivity index (χ2n) is 3.35. The molecule has 0 fully saturated rings. The van der Waals surface area contributed by atoms with E-state index in [2.05, 4.69) is 21.5 Å². The van der Waals surface area contributed by atoms with Crippen LogP contribution in [0.3, 0.4) is 0 Å². The lowest BCUT2D eigenvalue weighted by Crippen LogP contribution is -2.04. The minimum absolute atomic E-state index is 0.586. The Kier molecular flexibility index (Phi) is 2.67. The summed E-state index contributed by atoms with van der Waals surface area (Å²) in [4.78, 5) is 8.36. The van der Waals surface area contributed by atoms with E-state index >= 15 is 0 Å². The van der Waals surface area contributed by atoms with Gasteiger partial charge in [-0.15, -0.1) is 0 Å². The van der Waals surface area contributed by atoms with Gasteiger partial charge in [-0.05, 0) is 13.0 Å². The fourth-order valence-corrected chi connectivity index (χ4v) is 1.57. The van der Waals surface area contributed by atoms with Gasteiger partial charge >= 0.3 is 0 Å². The zero-order valence-electron chi connectivity index (χ0n) is 8.72. The van der Waals surface area contributed by atoms with E-state index in [1.807, 2.05) is 24.5 Å². The van der Waals surface area contributed by atoms with Crippen LogP contribution in [0, 0.1) is 0 Å². The molecule has 0 aromatic carbocycles. The van der Waals surface area contributed by atoms with Gasteiger partial charge in [0, 0.05) is 37.1 Å². The highest BCUT2D eigenvalue weighted by Crippen LogP contribution is 2.12. The van der Waals surface area contributed by atoms with E-state index in [-0.39, 0.29) is 0 Å². The third-order valence-electron chi connectivity index (χ3n) is 2.42. The number of anilines is 1. The van der Waals surface area contributed by atoms with Crippen LogP contribution in [-0.2, 0) is 13.0 Å². The molecule has 15 heavy (non-hydrogen) atoms. The number of imidazole rings is 1. The zero-order valence-corrected chi connectivity index (χ0v) is 8.72. The van der Waals surface area contributed by atoms with Crippen molar-refractivity contribution in [3.8, 4) is 0 Å². The molecule has 0 saturated carbocycles. The van der Waals surface area contributed by atoms with E-state index < -0.39 is 0 Å². The van der Waals surface area contributed by atoms with Crippen LogP contribution in [0.25, 0.3) is 0 Å². The van der Waals surface area contributed by atoms with Crippen LogP contribution in [-0.4, -0.2) is 14.5 Å². The van der Waals surface area contributed by atoms with Gasteiger partial charge in [0.25, 0.3) is 0 Å². The van der Waals surface area contributed by atoms with Crippen molar-refractivity contribution in [1.29, 1.82) is 0 Å². The highest BCUT2D eigenvalue weighted by Gasteiger charge is 2.05. The Morgan fingerprint density at radius 1 is 1.33 bits per heavy atom. The summed E-state index contributed by atoms with van der Waals surface area (Å²) in [5.74, 6) is 1.61. The number of aromatic nitrogens is 3. The molecular weight excluding hydrogens is 188 g/mol. The lowest BCUT2D eigenvalue weighted by molar-refractivity contribution is 0.712. The summed E-state index contributed by atoms with van der Waals surface area (Å²) in [5.41, 5.74) is 6.81. The van der Waals surface area contributed by atoms with Crippen molar-refractivity contribution in [2.24, 2.45) is 0 Å². The van der Waals surface area contributed by atoms with E-state index in [0.717, 1.165) is 24.4 Å². The maximum atomic E-state index is 5.78. The summed E-state index contributed by atoms with van der Waals surface area (Å²) in [6, 6.07) is 3.88. The summed E-state index contributed by atoms with van der Waals surface area (Å²) in [7, 11) is 0. The molecule has 0 aliphatic rings. The topological polar surface area (TPSA) is 56.7 Å². The maximum absolute atomic E-state index is 5.78. The third-order valence-corrected chi connectivity index (χ3v) is 2.42. The van der Waals surface area contributed by atoms with Gasteiger partial charge in [-0.3, -0.25) is 0 Å². The predicted octanol–water partition coefficient (Wildman–Crippen LogP) is 1.47. The number of rotatable bonds is 3. The molecule has 0 amide bonds. The molecule has 2 aromatic rings. The third kappa shape index (κ3) is 1.98. The Labute approximate surface area is 88.8 Å². The van der Waals surface area contributed by atoms with Crippen molar-refractivity contribution in [1.82, 2.24) is 14.5 Å². The molecule has 0 radical (unpaired) electrons. The van der Waals surface area contributed by atoms with Gasteiger partial charge in [0.15, 0.2) is 0 Å². The van der Waals surface area contributed by atoms with E-state index in [0.29, 0.717) is 5.82 Å². The Bertz CT molecular complexity index is 447. The number of hydrogen-bond acceptors (Lipinski definition) is 3. The molecule has 0 atom stereocenters. The van der Waals surface area contributed by atoms with Crippen LogP contribution in [0.4, 0.5) is 5.82 Å². The first-order chi connectivity index (χ1) is 7.31. The van der Waals surface area contributed by atoms with E-state index in [1.54, 1.807) is 6.20 Å². The highest BCUT2D eigenvalue weighted by atomic mass is 15.0. The molecule has 2 N–H and O–H groups in total. The summed E-state index contributed by atoms with van der Waals surface area (Å²) in [6.07, 6.45) is 6.22. The number of nitrogens with zero attached hydrogens (tertiary/aromatic N) is 3. The monoisotopic (exact) mass is 202 g/mol. The lowest BCUT2D eigenvalue weighted by atomic mass is 10.2. The van der Waals surface area contributed by atoms with Crippen molar-refractivity contribution in [2.75, 3.05) is 5.73 Å². The predicted molar refractivity (Wildman–Crippen MR) is 59.4 cm³/mol. The Morgan fingerprint density at radius 2 is 2.20 bits per heavy atom. The SMILES string of the molecule is CCn1ccnc1Cc1cccnc1N. The Hall–Kier alpha value is -1.84. The first-order valence-corrected chi connectivity index (χ1v) is 5.00. The van der Waals surface area contributed by atoms with Crippen LogP contribution >= 0.6 is 0 Å². The minimum atomic E-state index is 0.586. The normalized spacial score (nSPS) is 10.5. The molecule has 0 spiro atoms. The van der Waals surface area contributed by atoms with Crippen molar-refractivity contribution in [3.63, 3.8) is 0 Å². The molecule has 2 heterocycles. The number of nitrogen functional groups attached to an aromatic ring is 1. The number of pyridine rings is 1. The Balaban J connectivity index is 2.26. The molecule has 2 rings (SSSR count). The summed E-state index contributed by atoms with van der Waals surface area (Å²) >= 11 is 0. The molecule has 78 valence electrons. The molecule has 2 aromatic heterocycles.